The van der Waals surface area contributed by atoms with Gasteiger partial charge in [-0.3, -0.25) is 0 Å². The molecule has 0 aliphatic carbocycles. The Hall–Kier alpha value is -1.08. The van der Waals surface area contributed by atoms with Gasteiger partial charge in [-0.1, -0.05) is 0 Å². The van der Waals surface area contributed by atoms with Gasteiger partial charge in [0.1, 0.15) is 0 Å². The zero-order valence-electron chi connectivity index (χ0n) is 6.23. The Balaban J connectivity index is 4.70. The van der Waals surface area contributed by atoms with Crippen molar-refractivity contribution >= 4 is 6.16 Å². The van der Waals surface area contributed by atoms with Crippen molar-refractivity contribution in [3.8, 4) is 0 Å². The van der Waals surface area contributed by atoms with E-state index in [1.54, 1.807) is 0 Å². The number of ether oxygens (including phenoxy) is 1. The molecule has 0 aliphatic heterocycles. The quantitative estimate of drug-likeness (QED) is 0.571. The highest BCUT2D eigenvalue weighted by molar-refractivity contribution is 5.57. The molecule has 0 spiro atoms. The summed E-state index contributed by atoms with van der Waals surface area (Å²) in [5.41, 5.74) is -4.34. The molecule has 0 rings (SSSR count). The number of halogens is 5. The van der Waals surface area contributed by atoms with E-state index in [-0.39, 0.29) is 6.92 Å². The summed E-state index contributed by atoms with van der Waals surface area (Å²) in [6.45, 7) is -0.152. The molecule has 0 amide bonds. The van der Waals surface area contributed by atoms with Crippen LogP contribution in [0.2, 0.25) is 0 Å². The van der Waals surface area contributed by atoms with Gasteiger partial charge in [0.2, 0.25) is 0 Å². The molecular weight excluding hydrogens is 203 g/mol. The van der Waals surface area contributed by atoms with Crippen molar-refractivity contribution in [2.75, 3.05) is 0 Å². The van der Waals surface area contributed by atoms with E-state index in [2.05, 4.69) is 4.74 Å². The lowest BCUT2D eigenvalue weighted by atomic mass is 10.1. The SMILES string of the molecule is CC(F)(C(F)F)C(F)(F)OC(=O)O. The number of hydrogen-bond acceptors (Lipinski definition) is 2. The average Bonchev–Trinajstić information content (AvgIpc) is 1.83. The summed E-state index contributed by atoms with van der Waals surface area (Å²) in [5.74, 6) is 0. The van der Waals surface area contributed by atoms with Crippen LogP contribution in [0, 0.1) is 0 Å². The van der Waals surface area contributed by atoms with Gasteiger partial charge in [-0.15, -0.1) is 0 Å². The third kappa shape index (κ3) is 2.43. The molecule has 0 heterocycles. The highest BCUT2D eigenvalue weighted by Crippen LogP contribution is 2.38. The number of alkyl halides is 5. The first-order valence-corrected chi connectivity index (χ1v) is 2.88. The lowest BCUT2D eigenvalue weighted by Gasteiger charge is -2.26. The van der Waals surface area contributed by atoms with E-state index in [0.29, 0.717) is 0 Å². The summed E-state index contributed by atoms with van der Waals surface area (Å²) in [6, 6.07) is 0. The molecule has 1 N–H and O–H groups in total. The number of rotatable bonds is 3. The molecule has 78 valence electrons. The summed E-state index contributed by atoms with van der Waals surface area (Å²) in [4.78, 5) is 9.57. The monoisotopic (exact) mass is 208 g/mol. The molecule has 0 saturated heterocycles. The van der Waals surface area contributed by atoms with E-state index < -0.39 is 24.4 Å². The van der Waals surface area contributed by atoms with Crippen LogP contribution in [0.1, 0.15) is 6.92 Å². The van der Waals surface area contributed by atoms with Gasteiger partial charge < -0.3 is 9.84 Å². The Labute approximate surface area is 69.1 Å². The largest absolute Gasteiger partial charge is 0.510 e. The summed E-state index contributed by atoms with van der Waals surface area (Å²) in [7, 11) is 0. The Kier molecular flexibility index (Phi) is 3.07. The van der Waals surface area contributed by atoms with Crippen molar-refractivity contribution in [3.05, 3.63) is 0 Å². The smallest absolute Gasteiger partial charge is 0.450 e. The van der Waals surface area contributed by atoms with E-state index >= 15 is 0 Å². The van der Waals surface area contributed by atoms with E-state index in [9.17, 15) is 26.7 Å². The van der Waals surface area contributed by atoms with Crippen LogP contribution in [0.4, 0.5) is 26.7 Å². The maximum Gasteiger partial charge on any atom is 0.510 e. The Bertz CT molecular complexity index is 202. The van der Waals surface area contributed by atoms with Gasteiger partial charge in [-0.25, -0.2) is 18.0 Å². The van der Waals surface area contributed by atoms with Crippen molar-refractivity contribution in [2.24, 2.45) is 0 Å². The van der Waals surface area contributed by atoms with Crippen LogP contribution in [0.15, 0.2) is 0 Å². The minimum absolute atomic E-state index is 0.152. The van der Waals surface area contributed by atoms with Crippen molar-refractivity contribution in [1.82, 2.24) is 0 Å². The first-order valence-electron chi connectivity index (χ1n) is 2.88. The predicted octanol–water partition coefficient (Wildman–Crippen LogP) is 2.27. The fourth-order valence-electron chi connectivity index (χ4n) is 0.336. The maximum atomic E-state index is 12.5. The second-order valence-corrected chi connectivity index (χ2v) is 2.26. The molecule has 0 fully saturated rings. The molecule has 3 nitrogen and oxygen atoms in total. The lowest BCUT2D eigenvalue weighted by molar-refractivity contribution is -0.306. The second kappa shape index (κ2) is 3.35. The van der Waals surface area contributed by atoms with Crippen LogP contribution in [0.5, 0.6) is 0 Å². The molecule has 0 bridgehead atoms. The van der Waals surface area contributed by atoms with Gasteiger partial charge in [0.05, 0.1) is 0 Å². The Morgan fingerprint density at radius 2 is 1.77 bits per heavy atom. The number of hydrogen-bond donors (Lipinski definition) is 1. The summed E-state index contributed by atoms with van der Waals surface area (Å²) in [5, 5.41) is 7.68. The predicted molar refractivity (Wildman–Crippen MR) is 29.6 cm³/mol. The molecule has 1 atom stereocenters. The second-order valence-electron chi connectivity index (χ2n) is 2.26. The fourth-order valence-corrected chi connectivity index (χ4v) is 0.336. The third-order valence-corrected chi connectivity index (χ3v) is 1.19. The lowest BCUT2D eigenvalue weighted by Crippen LogP contribution is -2.50. The number of carboxylic acid groups (broad SMARTS) is 1. The zero-order valence-corrected chi connectivity index (χ0v) is 6.23. The molecule has 1 unspecified atom stereocenters. The Morgan fingerprint density at radius 3 is 2.00 bits per heavy atom. The first kappa shape index (κ1) is 11.9. The third-order valence-electron chi connectivity index (χ3n) is 1.19. The summed E-state index contributed by atoms with van der Waals surface area (Å²) >= 11 is 0. The van der Waals surface area contributed by atoms with Crippen LogP contribution in [-0.2, 0) is 4.74 Å². The minimum Gasteiger partial charge on any atom is -0.450 e. The van der Waals surface area contributed by atoms with Crippen molar-refractivity contribution < 1.29 is 36.6 Å². The van der Waals surface area contributed by atoms with Gasteiger partial charge in [-0.05, 0) is 6.92 Å². The fraction of sp³-hybridized carbons (Fsp3) is 0.800. The highest BCUT2D eigenvalue weighted by atomic mass is 19.3. The molecular formula is C5H5F5O3. The average molecular weight is 208 g/mol. The van der Waals surface area contributed by atoms with E-state index in [1.807, 2.05) is 0 Å². The maximum absolute atomic E-state index is 12.5. The normalized spacial score (nSPS) is 16.8. The Morgan fingerprint density at radius 1 is 1.38 bits per heavy atom. The standard InChI is InChI=1S/C5H5F5O3/c1-4(8,2(6)7)5(9,10)13-3(11)12/h2H,1H3,(H,11,12). The van der Waals surface area contributed by atoms with Gasteiger partial charge in [-0.2, -0.15) is 8.78 Å². The van der Waals surface area contributed by atoms with Gasteiger partial charge in [0, 0.05) is 0 Å². The molecule has 0 radical (unpaired) electrons. The van der Waals surface area contributed by atoms with E-state index in [4.69, 9.17) is 5.11 Å². The molecule has 0 saturated carbocycles. The highest BCUT2D eigenvalue weighted by Gasteiger charge is 2.61. The molecule has 0 aliphatic rings. The van der Waals surface area contributed by atoms with Gasteiger partial charge in [0.15, 0.2) is 0 Å². The molecule has 0 aromatic heterocycles. The zero-order chi connectivity index (χ0) is 10.9. The van der Waals surface area contributed by atoms with E-state index in [0.717, 1.165) is 0 Å². The van der Waals surface area contributed by atoms with Gasteiger partial charge >= 0.3 is 12.3 Å². The first-order chi connectivity index (χ1) is 5.61. The topological polar surface area (TPSA) is 46.5 Å². The van der Waals surface area contributed by atoms with Crippen molar-refractivity contribution in [1.29, 1.82) is 0 Å². The van der Waals surface area contributed by atoms with Crippen LogP contribution < -0.4 is 0 Å². The molecule has 0 aromatic carbocycles. The van der Waals surface area contributed by atoms with Crippen LogP contribution >= 0.6 is 0 Å². The summed E-state index contributed by atoms with van der Waals surface area (Å²) < 4.78 is 62.9. The van der Waals surface area contributed by atoms with Crippen LogP contribution in [0.3, 0.4) is 0 Å². The minimum atomic E-state index is -5.08. The van der Waals surface area contributed by atoms with Crippen molar-refractivity contribution in [3.63, 3.8) is 0 Å². The summed E-state index contributed by atoms with van der Waals surface area (Å²) in [6.07, 6.45) is -11.7. The van der Waals surface area contributed by atoms with Gasteiger partial charge in [0.25, 0.3) is 12.1 Å². The van der Waals surface area contributed by atoms with Crippen molar-refractivity contribution in [2.45, 2.75) is 25.1 Å². The molecule has 0 aromatic rings. The molecule has 8 heteroatoms. The van der Waals surface area contributed by atoms with E-state index in [1.165, 1.54) is 0 Å². The van der Waals surface area contributed by atoms with Crippen LogP contribution in [-0.4, -0.2) is 29.5 Å². The molecule has 13 heavy (non-hydrogen) atoms. The van der Waals surface area contributed by atoms with Crippen LogP contribution in [0.25, 0.3) is 0 Å². The number of carbonyl (C=O) groups is 1.